The van der Waals surface area contributed by atoms with E-state index in [-0.39, 0.29) is 0 Å². The Balaban J connectivity index is 1.27. The highest BCUT2D eigenvalue weighted by Gasteiger charge is 2.02. The van der Waals surface area contributed by atoms with Gasteiger partial charge in [-0.25, -0.2) is 9.59 Å². The standard InChI is InChI=1S/C41H38O6/c1-4-40(42)46-26-8-6-24-44-38-20-14-32(15-21-38)10-11-34-13-19-36-30-35(31(3)28-37(36)29-34)18-12-33-16-22-39(23-17-33)45-25-7-9-27-47-41(43)5-2/h4-5,13-17,19-23,28-30H,1-2,6-9,24-27H2,3H3. The second-order valence-electron chi connectivity index (χ2n) is 10.6. The fraction of sp³-hybridized carbons (Fsp3) is 0.220. The largest absolute Gasteiger partial charge is 0.494 e. The van der Waals surface area contributed by atoms with Crippen LogP contribution in [-0.2, 0) is 19.1 Å². The molecule has 0 radical (unpaired) electrons. The zero-order valence-electron chi connectivity index (χ0n) is 26.7. The quantitative estimate of drug-likeness (QED) is 0.0618. The van der Waals surface area contributed by atoms with Crippen LogP contribution in [0.1, 0.15) is 53.5 Å². The lowest BCUT2D eigenvalue weighted by Gasteiger charge is -2.06. The SMILES string of the molecule is C=CC(=O)OCCCCOc1ccc(C#Cc2ccc3cc(C#Cc4ccc(OCCCCOC(=O)C=C)cc4)c(C)cc3c2)cc1. The first kappa shape index (κ1) is 34.2. The van der Waals surface area contributed by atoms with Gasteiger partial charge in [0.1, 0.15) is 11.5 Å². The normalized spacial score (nSPS) is 10.1. The predicted molar refractivity (Wildman–Crippen MR) is 185 cm³/mol. The molecule has 0 aromatic heterocycles. The van der Waals surface area contributed by atoms with Crippen LogP contribution in [0.4, 0.5) is 0 Å². The number of carbonyl (C=O) groups excluding carboxylic acids is 2. The van der Waals surface area contributed by atoms with Crippen molar-refractivity contribution in [2.45, 2.75) is 32.6 Å². The Kier molecular flexibility index (Phi) is 13.3. The third-order valence-corrected chi connectivity index (χ3v) is 7.02. The van der Waals surface area contributed by atoms with Gasteiger partial charge in [-0.3, -0.25) is 0 Å². The van der Waals surface area contributed by atoms with Crippen molar-refractivity contribution in [3.05, 3.63) is 132 Å². The minimum Gasteiger partial charge on any atom is -0.494 e. The predicted octanol–water partition coefficient (Wildman–Crippen LogP) is 7.72. The average Bonchev–Trinajstić information content (AvgIpc) is 3.10. The highest BCUT2D eigenvalue weighted by Crippen LogP contribution is 2.21. The van der Waals surface area contributed by atoms with Crippen LogP contribution >= 0.6 is 0 Å². The summed E-state index contributed by atoms with van der Waals surface area (Å²) in [4.78, 5) is 22.1. The summed E-state index contributed by atoms with van der Waals surface area (Å²) < 4.78 is 21.5. The fourth-order valence-electron chi connectivity index (χ4n) is 4.43. The Morgan fingerprint density at radius 3 is 1.57 bits per heavy atom. The van der Waals surface area contributed by atoms with Crippen LogP contribution in [0.2, 0.25) is 0 Å². The average molecular weight is 627 g/mol. The lowest BCUT2D eigenvalue weighted by atomic mass is 10.00. The van der Waals surface area contributed by atoms with E-state index < -0.39 is 11.9 Å². The van der Waals surface area contributed by atoms with Crippen LogP contribution in [-0.4, -0.2) is 38.4 Å². The molecule has 6 nitrogen and oxygen atoms in total. The van der Waals surface area contributed by atoms with Gasteiger partial charge in [0, 0.05) is 34.4 Å². The van der Waals surface area contributed by atoms with Crippen LogP contribution in [0.5, 0.6) is 11.5 Å². The molecule has 0 aliphatic rings. The van der Waals surface area contributed by atoms with Gasteiger partial charge in [0.2, 0.25) is 0 Å². The van der Waals surface area contributed by atoms with E-state index >= 15 is 0 Å². The van der Waals surface area contributed by atoms with Crippen LogP contribution in [0.3, 0.4) is 0 Å². The summed E-state index contributed by atoms with van der Waals surface area (Å²) in [6.07, 6.45) is 5.36. The first-order valence-corrected chi connectivity index (χ1v) is 15.6. The van der Waals surface area contributed by atoms with Gasteiger partial charge in [0.15, 0.2) is 0 Å². The number of benzene rings is 4. The lowest BCUT2D eigenvalue weighted by molar-refractivity contribution is -0.138. The second-order valence-corrected chi connectivity index (χ2v) is 10.6. The summed E-state index contributed by atoms with van der Waals surface area (Å²) >= 11 is 0. The van der Waals surface area contributed by atoms with Crippen molar-refractivity contribution in [2.24, 2.45) is 0 Å². The van der Waals surface area contributed by atoms with E-state index in [1.54, 1.807) is 0 Å². The summed E-state index contributed by atoms with van der Waals surface area (Å²) in [6, 6.07) is 25.9. The van der Waals surface area contributed by atoms with Gasteiger partial charge in [-0.2, -0.15) is 0 Å². The smallest absolute Gasteiger partial charge is 0.330 e. The van der Waals surface area contributed by atoms with Crippen LogP contribution in [0.15, 0.2) is 104 Å². The first-order chi connectivity index (χ1) is 22.9. The molecule has 0 fully saturated rings. The van der Waals surface area contributed by atoms with Crippen molar-refractivity contribution in [3.63, 3.8) is 0 Å². The van der Waals surface area contributed by atoms with E-state index in [4.69, 9.17) is 18.9 Å². The number of unbranched alkanes of at least 4 members (excludes halogenated alkanes) is 2. The van der Waals surface area contributed by atoms with Crippen LogP contribution in [0, 0.1) is 30.6 Å². The fourth-order valence-corrected chi connectivity index (χ4v) is 4.43. The molecule has 0 bridgehead atoms. The van der Waals surface area contributed by atoms with Crippen molar-refractivity contribution >= 4 is 22.7 Å². The first-order valence-electron chi connectivity index (χ1n) is 15.6. The molecule has 0 amide bonds. The molecule has 0 N–H and O–H groups in total. The molecule has 0 atom stereocenters. The number of hydrogen-bond acceptors (Lipinski definition) is 6. The molecule has 238 valence electrons. The summed E-state index contributed by atoms with van der Waals surface area (Å²) in [5.41, 5.74) is 4.82. The van der Waals surface area contributed by atoms with Gasteiger partial charge >= 0.3 is 11.9 Å². The lowest BCUT2D eigenvalue weighted by Crippen LogP contribution is -2.04. The molecule has 0 heterocycles. The number of hydrogen-bond donors (Lipinski definition) is 0. The van der Waals surface area contributed by atoms with Crippen molar-refractivity contribution < 1.29 is 28.5 Å². The summed E-state index contributed by atoms with van der Waals surface area (Å²) in [7, 11) is 0. The van der Waals surface area contributed by atoms with Crippen molar-refractivity contribution in [2.75, 3.05) is 26.4 Å². The Morgan fingerprint density at radius 1 is 0.574 bits per heavy atom. The maximum absolute atomic E-state index is 11.1. The number of ether oxygens (including phenoxy) is 4. The van der Waals surface area contributed by atoms with Gasteiger partial charge in [-0.05, 0) is 116 Å². The van der Waals surface area contributed by atoms with Gasteiger partial charge in [-0.15, -0.1) is 0 Å². The van der Waals surface area contributed by atoms with Gasteiger partial charge < -0.3 is 18.9 Å². The Hall–Kier alpha value is -5.72. The Labute approximate surface area is 277 Å². The minimum atomic E-state index is -0.403. The van der Waals surface area contributed by atoms with E-state index in [1.165, 1.54) is 0 Å². The molecule has 0 unspecified atom stereocenters. The van der Waals surface area contributed by atoms with E-state index in [1.807, 2.05) is 54.6 Å². The van der Waals surface area contributed by atoms with Gasteiger partial charge in [-0.1, -0.05) is 49.0 Å². The summed E-state index contributed by atoms with van der Waals surface area (Å²) in [5.74, 6) is 13.8. The number of aryl methyl sites for hydroxylation is 1. The van der Waals surface area contributed by atoms with Crippen LogP contribution in [0.25, 0.3) is 10.8 Å². The van der Waals surface area contributed by atoms with E-state index in [0.29, 0.717) is 26.4 Å². The number of fused-ring (bicyclic) bond motifs is 1. The van der Waals surface area contributed by atoms with Crippen molar-refractivity contribution in [1.29, 1.82) is 0 Å². The maximum Gasteiger partial charge on any atom is 0.330 e. The zero-order valence-corrected chi connectivity index (χ0v) is 26.7. The van der Waals surface area contributed by atoms with E-state index in [9.17, 15) is 9.59 Å². The molecule has 0 aliphatic heterocycles. The van der Waals surface area contributed by atoms with Crippen molar-refractivity contribution in [3.8, 4) is 35.2 Å². The Bertz CT molecular complexity index is 1810. The zero-order chi connectivity index (χ0) is 33.3. The summed E-state index contributed by atoms with van der Waals surface area (Å²) in [5, 5.41) is 2.22. The highest BCUT2D eigenvalue weighted by molar-refractivity contribution is 5.86. The Morgan fingerprint density at radius 2 is 1.04 bits per heavy atom. The third-order valence-electron chi connectivity index (χ3n) is 7.02. The molecule has 0 saturated carbocycles. The molecule has 4 aromatic carbocycles. The van der Waals surface area contributed by atoms with Crippen molar-refractivity contribution in [1.82, 2.24) is 0 Å². The third kappa shape index (κ3) is 11.6. The van der Waals surface area contributed by atoms with Gasteiger partial charge in [0.05, 0.1) is 26.4 Å². The summed E-state index contributed by atoms with van der Waals surface area (Å²) in [6.45, 7) is 10.6. The molecule has 47 heavy (non-hydrogen) atoms. The molecular weight excluding hydrogens is 588 g/mol. The number of rotatable bonds is 14. The monoisotopic (exact) mass is 626 g/mol. The highest BCUT2D eigenvalue weighted by atomic mass is 16.5. The molecular formula is C41H38O6. The topological polar surface area (TPSA) is 71.1 Å². The molecule has 4 rings (SSSR count). The van der Waals surface area contributed by atoms with Crippen LogP contribution < -0.4 is 9.47 Å². The minimum absolute atomic E-state index is 0.362. The molecule has 6 heteroatoms. The number of esters is 2. The molecule has 0 spiro atoms. The van der Waals surface area contributed by atoms with Gasteiger partial charge in [0.25, 0.3) is 0 Å². The second kappa shape index (κ2) is 18.3. The van der Waals surface area contributed by atoms with E-state index in [2.05, 4.69) is 68.0 Å². The molecule has 0 aliphatic carbocycles. The molecule has 0 saturated heterocycles. The van der Waals surface area contributed by atoms with E-state index in [0.717, 1.165) is 87.9 Å². The maximum atomic E-state index is 11.1. The number of carbonyl (C=O) groups is 2. The molecule has 4 aromatic rings.